The van der Waals surface area contributed by atoms with Crippen LogP contribution in [0, 0.1) is 0 Å². The molecule has 13 heavy (non-hydrogen) atoms. The van der Waals surface area contributed by atoms with Crippen molar-refractivity contribution in [1.82, 2.24) is 19.8 Å². The Morgan fingerprint density at radius 2 is 2.31 bits per heavy atom. The van der Waals surface area contributed by atoms with E-state index in [1.807, 2.05) is 6.20 Å². The van der Waals surface area contributed by atoms with Crippen LogP contribution in [0.25, 0.3) is 0 Å². The van der Waals surface area contributed by atoms with Crippen LogP contribution in [0.3, 0.4) is 0 Å². The molecular weight excluding hydrogens is 164 g/mol. The molecule has 1 aromatic rings. The van der Waals surface area contributed by atoms with E-state index in [0.717, 1.165) is 32.2 Å². The van der Waals surface area contributed by atoms with Gasteiger partial charge in [-0.3, -0.25) is 4.90 Å². The van der Waals surface area contributed by atoms with E-state index in [-0.39, 0.29) is 0 Å². The summed E-state index contributed by atoms with van der Waals surface area (Å²) in [6, 6.07) is 0.755. The molecule has 0 unspecified atom stereocenters. The first kappa shape index (κ1) is 7.53. The van der Waals surface area contributed by atoms with Gasteiger partial charge in [0.25, 0.3) is 0 Å². The number of aromatic nitrogens is 2. The van der Waals surface area contributed by atoms with Gasteiger partial charge < -0.3 is 9.88 Å². The minimum atomic E-state index is 0.755. The molecule has 0 radical (unpaired) electrons. The fourth-order valence-corrected chi connectivity index (χ4v) is 2.04. The number of nitrogens with zero attached hydrogens (tertiary/aromatic N) is 3. The zero-order chi connectivity index (χ0) is 8.67. The first-order chi connectivity index (χ1) is 6.43. The Kier molecular flexibility index (Phi) is 1.63. The fraction of sp³-hybridized carbons (Fsp3) is 0.667. The van der Waals surface area contributed by atoms with Gasteiger partial charge in [0, 0.05) is 44.6 Å². The minimum Gasteiger partial charge on any atom is -0.333 e. The molecule has 1 aromatic heterocycles. The van der Waals surface area contributed by atoms with Crippen LogP contribution in [0.4, 0.5) is 0 Å². The van der Waals surface area contributed by atoms with Crippen molar-refractivity contribution in [2.75, 3.05) is 19.6 Å². The first-order valence-electron chi connectivity index (χ1n) is 4.88. The van der Waals surface area contributed by atoms with Crippen LogP contribution < -0.4 is 5.32 Å². The molecule has 0 aromatic carbocycles. The van der Waals surface area contributed by atoms with Crippen molar-refractivity contribution >= 4 is 0 Å². The van der Waals surface area contributed by atoms with E-state index in [4.69, 9.17) is 0 Å². The summed E-state index contributed by atoms with van der Waals surface area (Å²) in [5.74, 6) is 1.22. The molecule has 0 saturated carbocycles. The van der Waals surface area contributed by atoms with Gasteiger partial charge in [0.1, 0.15) is 5.82 Å². The summed E-state index contributed by atoms with van der Waals surface area (Å²) in [4.78, 5) is 6.88. The molecule has 1 N–H and O–H groups in total. The van der Waals surface area contributed by atoms with Crippen LogP contribution in [-0.4, -0.2) is 40.1 Å². The summed E-state index contributed by atoms with van der Waals surface area (Å²) in [5, 5.41) is 3.31. The van der Waals surface area contributed by atoms with Gasteiger partial charge in [-0.2, -0.15) is 0 Å². The molecule has 2 aliphatic rings. The molecule has 4 heteroatoms. The van der Waals surface area contributed by atoms with Crippen molar-refractivity contribution in [2.24, 2.45) is 0 Å². The third-order valence-corrected chi connectivity index (χ3v) is 3.05. The average molecular weight is 178 g/mol. The maximum Gasteiger partial charge on any atom is 0.122 e. The van der Waals surface area contributed by atoms with Gasteiger partial charge in [0.05, 0.1) is 6.54 Å². The van der Waals surface area contributed by atoms with E-state index in [0.29, 0.717) is 0 Å². The van der Waals surface area contributed by atoms with E-state index in [1.165, 1.54) is 12.4 Å². The van der Waals surface area contributed by atoms with Crippen LogP contribution >= 0.6 is 0 Å². The third kappa shape index (κ3) is 1.17. The highest BCUT2D eigenvalue weighted by atomic mass is 15.3. The van der Waals surface area contributed by atoms with Gasteiger partial charge >= 0.3 is 0 Å². The van der Waals surface area contributed by atoms with E-state index in [9.17, 15) is 0 Å². The van der Waals surface area contributed by atoms with Crippen LogP contribution in [0.2, 0.25) is 0 Å². The molecule has 3 rings (SSSR count). The molecule has 70 valence electrons. The largest absolute Gasteiger partial charge is 0.333 e. The van der Waals surface area contributed by atoms with Crippen molar-refractivity contribution in [3.8, 4) is 0 Å². The van der Waals surface area contributed by atoms with Crippen LogP contribution in [0.15, 0.2) is 12.4 Å². The van der Waals surface area contributed by atoms with Gasteiger partial charge in [-0.15, -0.1) is 0 Å². The van der Waals surface area contributed by atoms with Gasteiger partial charge in [-0.05, 0) is 0 Å². The van der Waals surface area contributed by atoms with Crippen LogP contribution in [-0.2, 0) is 13.1 Å². The second-order valence-electron chi connectivity index (χ2n) is 3.82. The normalized spacial score (nSPS) is 24.0. The van der Waals surface area contributed by atoms with Crippen LogP contribution in [0.5, 0.6) is 0 Å². The minimum absolute atomic E-state index is 0.755. The van der Waals surface area contributed by atoms with Gasteiger partial charge in [-0.25, -0.2) is 4.98 Å². The average Bonchev–Trinajstić information content (AvgIpc) is 2.47. The first-order valence-corrected chi connectivity index (χ1v) is 4.88. The van der Waals surface area contributed by atoms with Gasteiger partial charge in [0.2, 0.25) is 0 Å². The van der Waals surface area contributed by atoms with Crippen molar-refractivity contribution in [3.63, 3.8) is 0 Å². The highest BCUT2D eigenvalue weighted by molar-refractivity contribution is 4.98. The quantitative estimate of drug-likeness (QED) is 0.639. The number of imidazole rings is 1. The molecule has 0 amide bonds. The molecule has 0 spiro atoms. The Morgan fingerprint density at radius 3 is 3.08 bits per heavy atom. The summed E-state index contributed by atoms with van der Waals surface area (Å²) in [6.45, 7) is 5.61. The monoisotopic (exact) mass is 178 g/mol. The number of nitrogens with one attached hydrogen (secondary N) is 1. The molecule has 0 bridgehead atoms. The number of hydrogen-bond acceptors (Lipinski definition) is 3. The topological polar surface area (TPSA) is 33.1 Å². The number of rotatable bonds is 1. The van der Waals surface area contributed by atoms with Gasteiger partial charge in [-0.1, -0.05) is 0 Å². The Hall–Kier alpha value is -0.870. The maximum absolute atomic E-state index is 4.35. The summed E-state index contributed by atoms with van der Waals surface area (Å²) in [6.07, 6.45) is 3.98. The van der Waals surface area contributed by atoms with E-state index >= 15 is 0 Å². The molecule has 4 nitrogen and oxygen atoms in total. The number of hydrogen-bond donors (Lipinski definition) is 1. The van der Waals surface area contributed by atoms with E-state index in [2.05, 4.69) is 26.0 Å². The second-order valence-corrected chi connectivity index (χ2v) is 3.82. The Bertz CT molecular complexity index is 302. The Morgan fingerprint density at radius 1 is 1.38 bits per heavy atom. The van der Waals surface area contributed by atoms with Crippen molar-refractivity contribution in [1.29, 1.82) is 0 Å². The van der Waals surface area contributed by atoms with Crippen molar-refractivity contribution < 1.29 is 0 Å². The molecule has 3 heterocycles. The SMILES string of the molecule is c1cn2c(n1)CN(C1CNC1)CC2. The molecule has 2 aliphatic heterocycles. The van der Waals surface area contributed by atoms with Crippen molar-refractivity contribution in [3.05, 3.63) is 18.2 Å². The lowest BCUT2D eigenvalue weighted by atomic mass is 10.1. The summed E-state index contributed by atoms with van der Waals surface area (Å²) in [5.41, 5.74) is 0. The molecule has 1 saturated heterocycles. The van der Waals surface area contributed by atoms with E-state index < -0.39 is 0 Å². The Balaban J connectivity index is 1.76. The number of fused-ring (bicyclic) bond motifs is 1. The molecule has 0 aliphatic carbocycles. The fourth-order valence-electron chi connectivity index (χ4n) is 2.04. The summed E-state index contributed by atoms with van der Waals surface area (Å²) >= 11 is 0. The maximum atomic E-state index is 4.35. The Labute approximate surface area is 77.6 Å². The second kappa shape index (κ2) is 2.82. The third-order valence-electron chi connectivity index (χ3n) is 3.05. The summed E-state index contributed by atoms with van der Waals surface area (Å²) < 4.78 is 2.25. The smallest absolute Gasteiger partial charge is 0.122 e. The predicted molar refractivity (Wildman–Crippen MR) is 49.3 cm³/mol. The van der Waals surface area contributed by atoms with E-state index in [1.54, 1.807) is 0 Å². The molecular formula is C9H14N4. The highest BCUT2D eigenvalue weighted by Gasteiger charge is 2.27. The lowest BCUT2D eigenvalue weighted by molar-refractivity contribution is 0.112. The highest BCUT2D eigenvalue weighted by Crippen LogP contribution is 2.14. The lowest BCUT2D eigenvalue weighted by Gasteiger charge is -2.40. The predicted octanol–water partition coefficient (Wildman–Crippen LogP) is -0.330. The summed E-state index contributed by atoms with van der Waals surface area (Å²) in [7, 11) is 0. The lowest BCUT2D eigenvalue weighted by Crippen LogP contribution is -2.58. The zero-order valence-corrected chi connectivity index (χ0v) is 7.61. The van der Waals surface area contributed by atoms with Crippen LogP contribution in [0.1, 0.15) is 5.82 Å². The molecule has 0 atom stereocenters. The zero-order valence-electron chi connectivity index (χ0n) is 7.61. The van der Waals surface area contributed by atoms with Gasteiger partial charge in [0.15, 0.2) is 0 Å². The standard InChI is InChI=1S/C9H14N4/c1-2-12-3-4-13(7-9(12)11-1)8-5-10-6-8/h1-2,8,10H,3-7H2. The van der Waals surface area contributed by atoms with Crippen molar-refractivity contribution in [2.45, 2.75) is 19.1 Å². The molecule has 1 fully saturated rings.